The molecule has 0 aliphatic rings. The van der Waals surface area contributed by atoms with Gasteiger partial charge >= 0.3 is 12.3 Å². The van der Waals surface area contributed by atoms with E-state index in [1.807, 2.05) is 0 Å². The zero-order valence-electron chi connectivity index (χ0n) is 14.9. The Morgan fingerprint density at radius 2 is 1.86 bits per heavy atom. The summed E-state index contributed by atoms with van der Waals surface area (Å²) >= 11 is 0. The Labute approximate surface area is 159 Å². The molecule has 2 aromatic rings. The maximum atomic E-state index is 13.1. The fourth-order valence-corrected chi connectivity index (χ4v) is 2.49. The highest BCUT2D eigenvalue weighted by atomic mass is 19.4. The first-order chi connectivity index (χ1) is 13.2. The molecule has 0 aromatic heterocycles. The molecule has 0 saturated carbocycles. The first-order valence-corrected chi connectivity index (χ1v) is 8.10. The second-order valence-corrected chi connectivity index (χ2v) is 5.78. The van der Waals surface area contributed by atoms with Gasteiger partial charge in [-0.05, 0) is 23.8 Å². The average molecular weight is 395 g/mol. The minimum Gasteiger partial charge on any atom is -0.469 e. The normalized spacial score (nSPS) is 10.9. The maximum Gasteiger partial charge on any atom is 0.573 e. The summed E-state index contributed by atoms with van der Waals surface area (Å²) in [4.78, 5) is 13.1. The van der Waals surface area contributed by atoms with Gasteiger partial charge in [-0.15, -0.1) is 19.6 Å². The Morgan fingerprint density at radius 1 is 1.18 bits per heavy atom. The van der Waals surface area contributed by atoms with Crippen LogP contribution in [0, 0.1) is 18.2 Å². The number of rotatable bonds is 7. The van der Waals surface area contributed by atoms with Gasteiger partial charge in [-0.2, -0.15) is 0 Å². The monoisotopic (exact) mass is 395 g/mol. The number of esters is 1. The molecule has 0 heterocycles. The number of alkyl halides is 3. The van der Waals surface area contributed by atoms with Crippen LogP contribution in [-0.2, 0) is 22.5 Å². The number of anilines is 1. The Bertz CT molecular complexity index is 857. The number of hydrogen-bond donors (Lipinski definition) is 0. The molecule has 0 aliphatic carbocycles. The van der Waals surface area contributed by atoms with E-state index in [2.05, 4.69) is 15.4 Å². The Hall–Kier alpha value is -3.21. The molecule has 0 spiro atoms. The molecule has 0 unspecified atom stereocenters. The van der Waals surface area contributed by atoms with Crippen molar-refractivity contribution in [3.63, 3.8) is 0 Å². The van der Waals surface area contributed by atoms with Crippen molar-refractivity contribution in [2.24, 2.45) is 0 Å². The summed E-state index contributed by atoms with van der Waals surface area (Å²) in [5.41, 5.74) is 1.10. The highest BCUT2D eigenvalue weighted by Crippen LogP contribution is 2.32. The standard InChI is InChI=1S/C20H17F4NO3/c1-3-10-25(13-14-4-7-16(21)8-5-14)17-9-6-15(11-19(26)27-2)18(12-17)28-20(22,23)24/h1,4-9,12H,10-11,13H2,2H3. The molecule has 0 fully saturated rings. The topological polar surface area (TPSA) is 38.8 Å². The Balaban J connectivity index is 2.37. The predicted molar refractivity (Wildman–Crippen MR) is 95.1 cm³/mol. The van der Waals surface area contributed by atoms with Crippen LogP contribution in [-0.4, -0.2) is 26.0 Å². The van der Waals surface area contributed by atoms with E-state index in [1.54, 1.807) is 17.0 Å². The van der Waals surface area contributed by atoms with Crippen molar-refractivity contribution in [2.75, 3.05) is 18.6 Å². The van der Waals surface area contributed by atoms with Crippen molar-refractivity contribution < 1.29 is 31.8 Å². The zero-order chi connectivity index (χ0) is 20.7. The molecule has 8 heteroatoms. The number of terminal acetylenes is 1. The summed E-state index contributed by atoms with van der Waals surface area (Å²) in [7, 11) is 1.14. The molecule has 0 bridgehead atoms. The summed E-state index contributed by atoms with van der Waals surface area (Å²) in [6.07, 6.45) is 0.0613. The van der Waals surface area contributed by atoms with E-state index in [0.29, 0.717) is 11.3 Å². The molecule has 4 nitrogen and oxygen atoms in total. The van der Waals surface area contributed by atoms with Crippen LogP contribution in [0.15, 0.2) is 42.5 Å². The molecule has 0 atom stereocenters. The third-order valence-corrected chi connectivity index (χ3v) is 3.77. The van der Waals surface area contributed by atoms with Crippen molar-refractivity contribution in [1.29, 1.82) is 0 Å². The van der Waals surface area contributed by atoms with Gasteiger partial charge in [0.1, 0.15) is 11.6 Å². The summed E-state index contributed by atoms with van der Waals surface area (Å²) < 4.78 is 60.0. The maximum absolute atomic E-state index is 13.1. The first-order valence-electron chi connectivity index (χ1n) is 8.10. The molecule has 2 rings (SSSR count). The molecule has 0 radical (unpaired) electrons. The van der Waals surface area contributed by atoms with Gasteiger partial charge in [-0.1, -0.05) is 24.1 Å². The SMILES string of the molecule is C#CCN(Cc1ccc(F)cc1)c1ccc(CC(=O)OC)c(OC(F)(F)F)c1. The van der Waals surface area contributed by atoms with Crippen LogP contribution >= 0.6 is 0 Å². The zero-order valence-corrected chi connectivity index (χ0v) is 14.9. The van der Waals surface area contributed by atoms with Crippen molar-refractivity contribution in [3.05, 3.63) is 59.4 Å². The molecule has 0 amide bonds. The van der Waals surface area contributed by atoms with Crippen LogP contribution in [0.1, 0.15) is 11.1 Å². The average Bonchev–Trinajstić information content (AvgIpc) is 2.63. The van der Waals surface area contributed by atoms with E-state index in [0.717, 1.165) is 13.2 Å². The third-order valence-electron chi connectivity index (χ3n) is 3.77. The van der Waals surface area contributed by atoms with Crippen molar-refractivity contribution >= 4 is 11.7 Å². The number of nitrogens with zero attached hydrogens (tertiary/aromatic N) is 1. The molecule has 148 valence electrons. The van der Waals surface area contributed by atoms with E-state index in [4.69, 9.17) is 6.42 Å². The Morgan fingerprint density at radius 3 is 2.43 bits per heavy atom. The van der Waals surface area contributed by atoms with Crippen LogP contribution in [0.4, 0.5) is 23.2 Å². The summed E-state index contributed by atoms with van der Waals surface area (Å²) in [5, 5.41) is 0. The molecule has 0 N–H and O–H groups in total. The summed E-state index contributed by atoms with van der Waals surface area (Å²) in [6.45, 7) is 0.339. The highest BCUT2D eigenvalue weighted by molar-refractivity contribution is 5.74. The van der Waals surface area contributed by atoms with E-state index in [1.165, 1.54) is 24.3 Å². The van der Waals surface area contributed by atoms with Crippen molar-refractivity contribution in [3.8, 4) is 18.1 Å². The van der Waals surface area contributed by atoms with Crippen LogP contribution in [0.2, 0.25) is 0 Å². The minimum absolute atomic E-state index is 0.0235. The lowest BCUT2D eigenvalue weighted by molar-refractivity contribution is -0.274. The second-order valence-electron chi connectivity index (χ2n) is 5.78. The number of halogens is 4. The third kappa shape index (κ3) is 6.20. The van der Waals surface area contributed by atoms with E-state index in [-0.39, 0.29) is 25.1 Å². The number of ether oxygens (including phenoxy) is 2. The second kappa shape index (κ2) is 9.13. The van der Waals surface area contributed by atoms with Crippen LogP contribution < -0.4 is 9.64 Å². The first kappa shape index (κ1) is 21.1. The van der Waals surface area contributed by atoms with Gasteiger partial charge in [0.25, 0.3) is 0 Å². The number of carbonyl (C=O) groups is 1. The Kier molecular flexibility index (Phi) is 6.88. The molecule has 28 heavy (non-hydrogen) atoms. The van der Waals surface area contributed by atoms with Crippen molar-refractivity contribution in [1.82, 2.24) is 0 Å². The predicted octanol–water partition coefficient (Wildman–Crippen LogP) is 4.08. The van der Waals surface area contributed by atoms with Crippen LogP contribution in [0.5, 0.6) is 5.75 Å². The van der Waals surface area contributed by atoms with Gasteiger partial charge in [0.2, 0.25) is 0 Å². The molecule has 0 saturated heterocycles. The number of methoxy groups -OCH3 is 1. The van der Waals surface area contributed by atoms with Gasteiger partial charge in [0.15, 0.2) is 0 Å². The van der Waals surface area contributed by atoms with Gasteiger partial charge in [-0.25, -0.2) is 4.39 Å². The molecule has 2 aromatic carbocycles. The van der Waals surface area contributed by atoms with Gasteiger partial charge in [-0.3, -0.25) is 4.79 Å². The smallest absolute Gasteiger partial charge is 0.469 e. The van der Waals surface area contributed by atoms with Crippen LogP contribution in [0.3, 0.4) is 0 Å². The van der Waals surface area contributed by atoms with E-state index >= 15 is 0 Å². The summed E-state index contributed by atoms with van der Waals surface area (Å²) in [6, 6.07) is 9.70. The lowest BCUT2D eigenvalue weighted by Crippen LogP contribution is -2.24. The molecule has 0 aliphatic heterocycles. The quantitative estimate of drug-likeness (QED) is 0.402. The van der Waals surface area contributed by atoms with Gasteiger partial charge in [0, 0.05) is 23.9 Å². The van der Waals surface area contributed by atoms with Gasteiger partial charge in [0.05, 0.1) is 20.1 Å². The van der Waals surface area contributed by atoms with Crippen LogP contribution in [0.25, 0.3) is 0 Å². The largest absolute Gasteiger partial charge is 0.573 e. The number of hydrogen-bond acceptors (Lipinski definition) is 4. The number of benzene rings is 2. The van der Waals surface area contributed by atoms with E-state index in [9.17, 15) is 22.4 Å². The fourth-order valence-electron chi connectivity index (χ4n) is 2.49. The summed E-state index contributed by atoms with van der Waals surface area (Å²) in [5.74, 6) is 0.814. The molecular formula is C20H17F4NO3. The minimum atomic E-state index is -4.93. The number of carbonyl (C=O) groups excluding carboxylic acids is 1. The lowest BCUT2D eigenvalue weighted by atomic mass is 10.1. The molecular weight excluding hydrogens is 378 g/mol. The fraction of sp³-hybridized carbons (Fsp3) is 0.250. The van der Waals surface area contributed by atoms with Gasteiger partial charge < -0.3 is 14.4 Å². The van der Waals surface area contributed by atoms with E-state index < -0.39 is 23.9 Å². The lowest BCUT2D eigenvalue weighted by Gasteiger charge is -2.24. The van der Waals surface area contributed by atoms with Crippen molar-refractivity contribution in [2.45, 2.75) is 19.3 Å². The highest BCUT2D eigenvalue weighted by Gasteiger charge is 2.32.